The summed E-state index contributed by atoms with van der Waals surface area (Å²) in [4.78, 5) is 0.948. The van der Waals surface area contributed by atoms with Gasteiger partial charge in [0.1, 0.15) is 0 Å². The number of aromatic nitrogens is 1. The first-order chi connectivity index (χ1) is 10.8. The van der Waals surface area contributed by atoms with E-state index in [0.29, 0.717) is 5.56 Å². The quantitative estimate of drug-likeness (QED) is 0.495. The molecule has 0 atom stereocenters. The van der Waals surface area contributed by atoms with Gasteiger partial charge in [0.15, 0.2) is 0 Å². The summed E-state index contributed by atoms with van der Waals surface area (Å²) in [6.45, 7) is 0. The molecule has 0 N–H and O–H groups in total. The van der Waals surface area contributed by atoms with Crippen molar-refractivity contribution in [2.24, 2.45) is 0 Å². The highest BCUT2D eigenvalue weighted by atomic mass is 32.1. The van der Waals surface area contributed by atoms with Crippen LogP contribution in [-0.4, -0.2) is 4.57 Å². The monoisotopic (exact) mass is 300 g/mol. The number of nitrogens with zero attached hydrogens (tertiary/aromatic N) is 2. The molecule has 0 saturated heterocycles. The number of hydrogen-bond donors (Lipinski definition) is 1. The number of hydrogen-bond acceptors (Lipinski definition) is 2. The number of thiol groups is 1. The normalized spacial score (nSPS) is 10.9. The van der Waals surface area contributed by atoms with Crippen LogP contribution in [0.1, 0.15) is 5.56 Å². The van der Waals surface area contributed by atoms with Crippen LogP contribution in [0.25, 0.3) is 27.4 Å². The van der Waals surface area contributed by atoms with Gasteiger partial charge in [0.25, 0.3) is 0 Å². The fourth-order valence-electron chi connectivity index (χ4n) is 2.95. The fourth-order valence-corrected chi connectivity index (χ4v) is 3.26. The Bertz CT molecular complexity index is 1050. The lowest BCUT2D eigenvalue weighted by molar-refractivity contribution is 1.12. The number of nitriles is 1. The zero-order chi connectivity index (χ0) is 15.1. The van der Waals surface area contributed by atoms with Gasteiger partial charge in [-0.15, -0.1) is 12.6 Å². The van der Waals surface area contributed by atoms with E-state index in [1.54, 1.807) is 0 Å². The van der Waals surface area contributed by atoms with Gasteiger partial charge in [-0.05, 0) is 18.2 Å². The Morgan fingerprint density at radius 3 is 2.27 bits per heavy atom. The number of benzene rings is 3. The average Bonchev–Trinajstić information content (AvgIpc) is 2.91. The molecule has 4 rings (SSSR count). The molecule has 2 nitrogen and oxygen atoms in total. The van der Waals surface area contributed by atoms with E-state index in [-0.39, 0.29) is 0 Å². The van der Waals surface area contributed by atoms with E-state index in [1.165, 1.54) is 0 Å². The molecule has 1 heterocycles. The molecule has 3 heteroatoms. The molecule has 0 spiro atoms. The largest absolute Gasteiger partial charge is 0.315 e. The van der Waals surface area contributed by atoms with Crippen LogP contribution in [0.3, 0.4) is 0 Å². The molecule has 0 unspecified atom stereocenters. The van der Waals surface area contributed by atoms with E-state index >= 15 is 0 Å². The smallest absolute Gasteiger partial charge is 0.0998 e. The molecule has 0 bridgehead atoms. The predicted octanol–water partition coefficient (Wildman–Crippen LogP) is 4.94. The molecule has 3 aromatic carbocycles. The summed E-state index contributed by atoms with van der Waals surface area (Å²) in [5.41, 5.74) is 2.87. The summed E-state index contributed by atoms with van der Waals surface area (Å²) in [7, 11) is 0. The van der Waals surface area contributed by atoms with Crippen LogP contribution in [0, 0.1) is 11.3 Å². The summed E-state index contributed by atoms with van der Waals surface area (Å²) in [6, 6.07) is 22.4. The molecule has 4 aromatic rings. The minimum atomic E-state index is 0.696. The minimum Gasteiger partial charge on any atom is -0.315 e. The van der Waals surface area contributed by atoms with Gasteiger partial charge in [-0.2, -0.15) is 5.26 Å². The molecule has 104 valence electrons. The van der Waals surface area contributed by atoms with E-state index in [0.717, 1.165) is 32.3 Å². The van der Waals surface area contributed by atoms with Crippen LogP contribution in [0.4, 0.5) is 0 Å². The molecular weight excluding hydrogens is 288 g/mol. The Labute approximate surface area is 133 Å². The minimum absolute atomic E-state index is 0.696. The SMILES string of the molecule is N#Cc1ccc(-n2cc(S)c3ccccc32)c2ccccc12. The van der Waals surface area contributed by atoms with Crippen LogP contribution in [0.5, 0.6) is 0 Å². The van der Waals surface area contributed by atoms with Crippen molar-refractivity contribution in [2.45, 2.75) is 4.90 Å². The van der Waals surface area contributed by atoms with Crippen LogP contribution < -0.4 is 0 Å². The van der Waals surface area contributed by atoms with Gasteiger partial charge < -0.3 is 4.57 Å². The van der Waals surface area contributed by atoms with Crippen LogP contribution in [0.15, 0.2) is 71.8 Å². The summed E-state index contributed by atoms with van der Waals surface area (Å²) in [5.74, 6) is 0. The summed E-state index contributed by atoms with van der Waals surface area (Å²) in [6.07, 6.45) is 2.03. The Kier molecular flexibility index (Phi) is 2.92. The highest BCUT2D eigenvalue weighted by Crippen LogP contribution is 2.31. The van der Waals surface area contributed by atoms with Gasteiger partial charge in [0, 0.05) is 27.3 Å². The fraction of sp³-hybridized carbons (Fsp3) is 0. The Morgan fingerprint density at radius 2 is 1.50 bits per heavy atom. The lowest BCUT2D eigenvalue weighted by atomic mass is 10.0. The Hall–Kier alpha value is -2.70. The maximum atomic E-state index is 9.30. The number of rotatable bonds is 1. The zero-order valence-corrected chi connectivity index (χ0v) is 12.6. The number of fused-ring (bicyclic) bond motifs is 2. The van der Waals surface area contributed by atoms with Crippen molar-refractivity contribution in [3.8, 4) is 11.8 Å². The lowest BCUT2D eigenvalue weighted by Gasteiger charge is -2.10. The highest BCUT2D eigenvalue weighted by molar-refractivity contribution is 7.80. The van der Waals surface area contributed by atoms with Gasteiger partial charge in [-0.1, -0.05) is 42.5 Å². The van der Waals surface area contributed by atoms with E-state index in [2.05, 4.69) is 41.5 Å². The van der Waals surface area contributed by atoms with Gasteiger partial charge in [-0.25, -0.2) is 0 Å². The van der Waals surface area contributed by atoms with E-state index in [1.807, 2.05) is 48.7 Å². The summed E-state index contributed by atoms with van der Waals surface area (Å²) >= 11 is 4.58. The maximum absolute atomic E-state index is 9.30. The molecule has 0 aliphatic carbocycles. The second-order valence-corrected chi connectivity index (χ2v) is 5.67. The molecule has 22 heavy (non-hydrogen) atoms. The molecule has 0 amide bonds. The maximum Gasteiger partial charge on any atom is 0.0998 e. The molecule has 0 aliphatic rings. The number of para-hydroxylation sites is 1. The topological polar surface area (TPSA) is 28.7 Å². The van der Waals surface area contributed by atoms with E-state index < -0.39 is 0 Å². The van der Waals surface area contributed by atoms with Crippen molar-refractivity contribution in [1.29, 1.82) is 5.26 Å². The first kappa shape index (κ1) is 13.0. The first-order valence-electron chi connectivity index (χ1n) is 7.01. The van der Waals surface area contributed by atoms with Crippen molar-refractivity contribution >= 4 is 34.3 Å². The molecule has 0 fully saturated rings. The van der Waals surface area contributed by atoms with Crippen molar-refractivity contribution < 1.29 is 0 Å². The van der Waals surface area contributed by atoms with Crippen LogP contribution in [-0.2, 0) is 0 Å². The van der Waals surface area contributed by atoms with Gasteiger partial charge in [-0.3, -0.25) is 0 Å². The van der Waals surface area contributed by atoms with Gasteiger partial charge in [0.05, 0.1) is 22.8 Å². The third-order valence-electron chi connectivity index (χ3n) is 3.97. The van der Waals surface area contributed by atoms with E-state index in [9.17, 15) is 5.26 Å². The van der Waals surface area contributed by atoms with E-state index in [4.69, 9.17) is 0 Å². The predicted molar refractivity (Wildman–Crippen MR) is 92.7 cm³/mol. The third kappa shape index (κ3) is 1.82. The van der Waals surface area contributed by atoms with Crippen molar-refractivity contribution in [1.82, 2.24) is 4.57 Å². The second-order valence-electron chi connectivity index (χ2n) is 5.19. The molecular formula is C19H12N2S. The first-order valence-corrected chi connectivity index (χ1v) is 7.45. The average molecular weight is 300 g/mol. The van der Waals surface area contributed by atoms with Crippen LogP contribution >= 0.6 is 12.6 Å². The van der Waals surface area contributed by atoms with Crippen LogP contribution in [0.2, 0.25) is 0 Å². The molecule has 0 aliphatic heterocycles. The zero-order valence-electron chi connectivity index (χ0n) is 11.7. The van der Waals surface area contributed by atoms with Crippen molar-refractivity contribution in [2.75, 3.05) is 0 Å². The Balaban J connectivity index is 2.12. The molecule has 0 saturated carbocycles. The lowest BCUT2D eigenvalue weighted by Crippen LogP contribution is -1.94. The standard InChI is InChI=1S/C19H12N2S/c20-11-13-9-10-18(15-6-2-1-5-14(13)15)21-12-19(22)16-7-3-4-8-17(16)21/h1-10,12,22H. The second kappa shape index (κ2) is 4.94. The van der Waals surface area contributed by atoms with Gasteiger partial charge in [0.2, 0.25) is 0 Å². The van der Waals surface area contributed by atoms with Crippen molar-refractivity contribution in [3.63, 3.8) is 0 Å². The highest BCUT2D eigenvalue weighted by Gasteiger charge is 2.11. The summed E-state index contributed by atoms with van der Waals surface area (Å²) in [5, 5.41) is 12.5. The Morgan fingerprint density at radius 1 is 0.818 bits per heavy atom. The van der Waals surface area contributed by atoms with Gasteiger partial charge >= 0.3 is 0 Å². The van der Waals surface area contributed by atoms with Crippen molar-refractivity contribution in [3.05, 3.63) is 72.4 Å². The summed E-state index contributed by atoms with van der Waals surface area (Å²) < 4.78 is 2.14. The molecule has 1 aromatic heterocycles. The molecule has 0 radical (unpaired) electrons. The third-order valence-corrected chi connectivity index (χ3v) is 4.33.